The Morgan fingerprint density at radius 3 is 2.38 bits per heavy atom. The van der Waals surface area contributed by atoms with Crippen molar-refractivity contribution in [2.45, 2.75) is 26.3 Å². The monoisotopic (exact) mass is 355 g/mol. The van der Waals surface area contributed by atoms with Crippen molar-refractivity contribution in [3.63, 3.8) is 0 Å². The predicted octanol–water partition coefficient (Wildman–Crippen LogP) is 0.621. The summed E-state index contributed by atoms with van der Waals surface area (Å²) < 4.78 is 0. The van der Waals surface area contributed by atoms with Gasteiger partial charge in [0.2, 0.25) is 5.91 Å². The lowest BCUT2D eigenvalue weighted by Crippen LogP contribution is -2.54. The number of aromatic nitrogens is 2. The molecule has 0 unspecified atom stereocenters. The highest BCUT2D eigenvalue weighted by Gasteiger charge is 2.24. The molecule has 3 amide bonds. The smallest absolute Gasteiger partial charge is 0.289 e. The summed E-state index contributed by atoms with van der Waals surface area (Å²) in [5.74, 6) is -1.54. The Morgan fingerprint density at radius 2 is 1.77 bits per heavy atom. The predicted molar refractivity (Wildman–Crippen MR) is 94.6 cm³/mol. The molecular formula is C18H21N5O3. The topological polar surface area (TPSA) is 113 Å². The van der Waals surface area contributed by atoms with Crippen molar-refractivity contribution < 1.29 is 14.4 Å². The zero-order valence-corrected chi connectivity index (χ0v) is 14.6. The van der Waals surface area contributed by atoms with Crippen LogP contribution in [0, 0.1) is 5.92 Å². The maximum atomic E-state index is 12.3. The lowest BCUT2D eigenvalue weighted by Gasteiger charge is -2.21. The first-order valence-electron chi connectivity index (χ1n) is 8.17. The second-order valence-corrected chi connectivity index (χ2v) is 5.99. The highest BCUT2D eigenvalue weighted by Crippen LogP contribution is 2.04. The summed E-state index contributed by atoms with van der Waals surface area (Å²) >= 11 is 0. The molecule has 136 valence electrons. The van der Waals surface area contributed by atoms with Crippen LogP contribution in [0.4, 0.5) is 0 Å². The molecule has 0 radical (unpaired) electrons. The molecule has 0 saturated carbocycles. The van der Waals surface area contributed by atoms with Gasteiger partial charge in [0.05, 0.1) is 12.6 Å². The fraction of sp³-hybridized carbons (Fsp3) is 0.278. The molecule has 2 aromatic rings. The SMILES string of the molecule is CC(C)[C@@H](NC(=O)Cc1ccccc1)C(=O)NNC(=O)c1cnccn1. The highest BCUT2D eigenvalue weighted by atomic mass is 16.2. The van der Waals surface area contributed by atoms with Gasteiger partial charge in [-0.05, 0) is 11.5 Å². The van der Waals surface area contributed by atoms with Gasteiger partial charge in [-0.3, -0.25) is 30.2 Å². The first-order chi connectivity index (χ1) is 12.5. The van der Waals surface area contributed by atoms with Crippen molar-refractivity contribution >= 4 is 17.7 Å². The molecule has 0 saturated heterocycles. The fourth-order valence-corrected chi connectivity index (χ4v) is 2.22. The summed E-state index contributed by atoms with van der Waals surface area (Å²) in [7, 11) is 0. The summed E-state index contributed by atoms with van der Waals surface area (Å²) in [5.41, 5.74) is 5.50. The molecule has 1 atom stereocenters. The van der Waals surface area contributed by atoms with Crippen LogP contribution >= 0.6 is 0 Å². The van der Waals surface area contributed by atoms with E-state index < -0.39 is 17.9 Å². The third-order valence-electron chi connectivity index (χ3n) is 3.57. The largest absolute Gasteiger partial charge is 0.344 e. The van der Waals surface area contributed by atoms with Crippen LogP contribution in [0.2, 0.25) is 0 Å². The van der Waals surface area contributed by atoms with Crippen molar-refractivity contribution in [3.8, 4) is 0 Å². The van der Waals surface area contributed by atoms with E-state index >= 15 is 0 Å². The minimum atomic E-state index is -0.784. The van der Waals surface area contributed by atoms with Gasteiger partial charge in [-0.25, -0.2) is 4.98 Å². The molecule has 1 heterocycles. The average Bonchev–Trinajstić information content (AvgIpc) is 2.65. The Balaban J connectivity index is 1.90. The number of nitrogens with zero attached hydrogens (tertiary/aromatic N) is 2. The van der Waals surface area contributed by atoms with E-state index in [9.17, 15) is 14.4 Å². The van der Waals surface area contributed by atoms with Gasteiger partial charge < -0.3 is 5.32 Å². The molecule has 3 N–H and O–H groups in total. The summed E-state index contributed by atoms with van der Waals surface area (Å²) in [6.45, 7) is 3.61. The minimum Gasteiger partial charge on any atom is -0.344 e. The molecule has 0 bridgehead atoms. The van der Waals surface area contributed by atoms with Gasteiger partial charge in [0.1, 0.15) is 11.7 Å². The fourth-order valence-electron chi connectivity index (χ4n) is 2.22. The number of nitrogens with one attached hydrogen (secondary N) is 3. The van der Waals surface area contributed by atoms with Crippen molar-refractivity contribution in [2.24, 2.45) is 5.92 Å². The van der Waals surface area contributed by atoms with Gasteiger partial charge in [-0.1, -0.05) is 44.2 Å². The van der Waals surface area contributed by atoms with Crippen LogP contribution in [0.1, 0.15) is 29.9 Å². The average molecular weight is 355 g/mol. The van der Waals surface area contributed by atoms with E-state index in [0.29, 0.717) is 0 Å². The van der Waals surface area contributed by atoms with Crippen LogP contribution in [0.15, 0.2) is 48.9 Å². The van der Waals surface area contributed by atoms with Crippen LogP contribution in [-0.4, -0.2) is 33.7 Å². The van der Waals surface area contributed by atoms with Gasteiger partial charge in [0.15, 0.2) is 0 Å². The number of hydrogen-bond acceptors (Lipinski definition) is 5. The maximum Gasteiger partial charge on any atom is 0.289 e. The van der Waals surface area contributed by atoms with Crippen molar-refractivity contribution in [2.75, 3.05) is 0 Å². The number of hydrogen-bond donors (Lipinski definition) is 3. The summed E-state index contributed by atoms with van der Waals surface area (Å²) in [6.07, 6.45) is 4.26. The molecule has 1 aromatic carbocycles. The Hall–Kier alpha value is -3.29. The van der Waals surface area contributed by atoms with E-state index in [2.05, 4.69) is 26.1 Å². The second kappa shape index (κ2) is 9.26. The van der Waals surface area contributed by atoms with E-state index in [1.54, 1.807) is 13.8 Å². The summed E-state index contributed by atoms with van der Waals surface area (Å²) in [6, 6.07) is 8.45. The molecule has 8 nitrogen and oxygen atoms in total. The second-order valence-electron chi connectivity index (χ2n) is 5.99. The number of carbonyl (C=O) groups excluding carboxylic acids is 3. The molecule has 26 heavy (non-hydrogen) atoms. The third kappa shape index (κ3) is 5.66. The van der Waals surface area contributed by atoms with Crippen molar-refractivity contribution in [3.05, 3.63) is 60.2 Å². The Labute approximate surface area is 151 Å². The van der Waals surface area contributed by atoms with Crippen molar-refractivity contribution in [1.29, 1.82) is 0 Å². The highest BCUT2D eigenvalue weighted by molar-refractivity contribution is 5.94. The van der Waals surface area contributed by atoms with Crippen LogP contribution in [0.5, 0.6) is 0 Å². The quantitative estimate of drug-likeness (QED) is 0.658. The molecule has 0 aliphatic carbocycles. The number of carbonyl (C=O) groups is 3. The Kier molecular flexibility index (Phi) is 6.78. The molecule has 0 fully saturated rings. The molecule has 0 aliphatic heterocycles. The van der Waals surface area contributed by atoms with Crippen LogP contribution < -0.4 is 16.2 Å². The number of amides is 3. The minimum absolute atomic E-state index is 0.0713. The Bertz CT molecular complexity index is 750. The van der Waals surface area contributed by atoms with Gasteiger partial charge >= 0.3 is 0 Å². The van der Waals surface area contributed by atoms with E-state index in [4.69, 9.17) is 0 Å². The molecule has 0 spiro atoms. The third-order valence-corrected chi connectivity index (χ3v) is 3.57. The van der Waals surface area contributed by atoms with Crippen LogP contribution in [0.25, 0.3) is 0 Å². The van der Waals surface area contributed by atoms with Gasteiger partial charge in [0, 0.05) is 12.4 Å². The van der Waals surface area contributed by atoms with E-state index in [0.717, 1.165) is 5.56 Å². The first-order valence-corrected chi connectivity index (χ1v) is 8.17. The molecule has 8 heteroatoms. The Morgan fingerprint density at radius 1 is 1.04 bits per heavy atom. The van der Waals surface area contributed by atoms with Gasteiger partial charge in [-0.15, -0.1) is 0 Å². The first kappa shape index (κ1) is 19.0. The number of hydrazine groups is 1. The van der Waals surface area contributed by atoms with E-state index in [1.807, 2.05) is 30.3 Å². The normalized spacial score (nSPS) is 11.5. The maximum absolute atomic E-state index is 12.3. The lowest BCUT2D eigenvalue weighted by molar-refractivity contribution is -0.130. The zero-order chi connectivity index (χ0) is 18.9. The molecule has 0 aliphatic rings. The van der Waals surface area contributed by atoms with E-state index in [-0.39, 0.29) is 23.9 Å². The van der Waals surface area contributed by atoms with E-state index in [1.165, 1.54) is 18.6 Å². The number of rotatable bonds is 6. The number of benzene rings is 1. The standard InChI is InChI=1S/C18H21N5O3/c1-12(2)16(21-15(24)10-13-6-4-3-5-7-13)18(26)23-22-17(25)14-11-19-8-9-20-14/h3-9,11-12,16H,10H2,1-2H3,(H,21,24)(H,22,25)(H,23,26)/t16-/m1/s1. The summed E-state index contributed by atoms with van der Waals surface area (Å²) in [5, 5.41) is 2.70. The lowest BCUT2D eigenvalue weighted by atomic mass is 10.0. The molecule has 2 rings (SSSR count). The van der Waals surface area contributed by atoms with Gasteiger partial charge in [0.25, 0.3) is 11.8 Å². The van der Waals surface area contributed by atoms with Crippen LogP contribution in [0.3, 0.4) is 0 Å². The zero-order valence-electron chi connectivity index (χ0n) is 14.6. The van der Waals surface area contributed by atoms with Gasteiger partial charge in [-0.2, -0.15) is 0 Å². The molecule has 1 aromatic heterocycles. The summed E-state index contributed by atoms with van der Waals surface area (Å²) in [4.78, 5) is 44.0. The van der Waals surface area contributed by atoms with Crippen molar-refractivity contribution in [1.82, 2.24) is 26.1 Å². The van der Waals surface area contributed by atoms with Crippen LogP contribution in [-0.2, 0) is 16.0 Å². The molecular weight excluding hydrogens is 334 g/mol.